The Morgan fingerprint density at radius 3 is 2.81 bits per heavy atom. The number of methoxy groups -OCH3 is 1. The van der Waals surface area contributed by atoms with Gasteiger partial charge in [-0.25, -0.2) is 9.67 Å². The average molecular weight is 543 g/mol. The number of benzene rings is 1. The van der Waals surface area contributed by atoms with Gasteiger partial charge in [-0.2, -0.15) is 5.10 Å². The fourth-order valence-electron chi connectivity index (χ4n) is 3.23. The fraction of sp³-hybridized carbons (Fsp3) is 0.500. The van der Waals surface area contributed by atoms with Crippen molar-refractivity contribution in [3.05, 3.63) is 41.5 Å². The highest BCUT2D eigenvalue weighted by Gasteiger charge is 2.22. The first-order chi connectivity index (χ1) is 14.6. The molecule has 10 nitrogen and oxygen atoms in total. The predicted octanol–water partition coefficient (Wildman–Crippen LogP) is 1.05. The third-order valence-corrected chi connectivity index (χ3v) is 4.66. The Kier molecular flexibility index (Phi) is 9.98. The van der Waals surface area contributed by atoms with Crippen LogP contribution in [0.5, 0.6) is 5.75 Å². The Balaban J connectivity index is 0.00000341. The van der Waals surface area contributed by atoms with E-state index >= 15 is 0 Å². The Morgan fingerprint density at radius 1 is 1.32 bits per heavy atom. The number of amides is 1. The van der Waals surface area contributed by atoms with Crippen molar-refractivity contribution in [3.8, 4) is 5.75 Å². The van der Waals surface area contributed by atoms with E-state index < -0.39 is 0 Å². The molecule has 0 saturated heterocycles. The zero-order valence-electron chi connectivity index (χ0n) is 17.8. The molecule has 1 unspecified atom stereocenters. The molecular weight excluding hydrogens is 513 g/mol. The molecule has 0 radical (unpaired) electrons. The quantitative estimate of drug-likeness (QED) is 0.170. The number of guanidine groups is 1. The predicted molar refractivity (Wildman–Crippen MR) is 128 cm³/mol. The highest BCUT2D eigenvalue weighted by Crippen LogP contribution is 2.13. The molecule has 1 atom stereocenters. The second kappa shape index (κ2) is 12.4. The van der Waals surface area contributed by atoms with Gasteiger partial charge in [-0.1, -0.05) is 0 Å². The molecule has 1 aromatic carbocycles. The van der Waals surface area contributed by atoms with E-state index in [1.165, 1.54) is 12.1 Å². The Morgan fingerprint density at radius 2 is 2.10 bits per heavy atom. The van der Waals surface area contributed by atoms with Crippen molar-refractivity contribution in [2.45, 2.75) is 39.0 Å². The van der Waals surface area contributed by atoms with Crippen LogP contribution < -0.4 is 16.0 Å². The summed E-state index contributed by atoms with van der Waals surface area (Å²) in [7, 11) is 1.64. The Labute approximate surface area is 198 Å². The summed E-state index contributed by atoms with van der Waals surface area (Å²) >= 11 is 0. The number of aryl methyl sites for hydroxylation is 1. The number of nitrogens with one attached hydrogen (secondary N) is 3. The first kappa shape index (κ1) is 24.9. The zero-order chi connectivity index (χ0) is 21.3. The van der Waals surface area contributed by atoms with Crippen molar-refractivity contribution in [2.75, 3.05) is 26.7 Å². The Hall–Kier alpha value is -2.41. The van der Waals surface area contributed by atoms with E-state index in [9.17, 15) is 9.90 Å². The van der Waals surface area contributed by atoms with Gasteiger partial charge in [0.15, 0.2) is 11.8 Å². The van der Waals surface area contributed by atoms with Crippen LogP contribution in [0.15, 0.2) is 29.3 Å². The number of halogens is 1. The minimum Gasteiger partial charge on any atom is -0.508 e. The van der Waals surface area contributed by atoms with Gasteiger partial charge in [-0.15, -0.1) is 24.0 Å². The summed E-state index contributed by atoms with van der Waals surface area (Å²) in [5.74, 6) is 2.34. The molecule has 0 fully saturated rings. The SMILES string of the molecule is CCNC(=NCCNC(=O)c1ccc(O)cc1)NC1CCc2nc(COC)nn2C1.I. The molecule has 31 heavy (non-hydrogen) atoms. The molecule has 0 spiro atoms. The smallest absolute Gasteiger partial charge is 0.251 e. The summed E-state index contributed by atoms with van der Waals surface area (Å²) in [6, 6.07) is 6.34. The van der Waals surface area contributed by atoms with E-state index in [1.807, 2.05) is 11.6 Å². The second-order valence-electron chi connectivity index (χ2n) is 7.00. The summed E-state index contributed by atoms with van der Waals surface area (Å²) in [5.41, 5.74) is 0.500. The van der Waals surface area contributed by atoms with Crippen LogP contribution in [-0.4, -0.2) is 64.5 Å². The number of rotatable bonds is 8. The summed E-state index contributed by atoms with van der Waals surface area (Å²) < 4.78 is 7.04. The van der Waals surface area contributed by atoms with E-state index in [0.29, 0.717) is 43.6 Å². The minimum atomic E-state index is -0.194. The fourth-order valence-corrected chi connectivity index (χ4v) is 3.23. The van der Waals surface area contributed by atoms with Crippen molar-refractivity contribution in [1.82, 2.24) is 30.7 Å². The van der Waals surface area contributed by atoms with E-state index in [4.69, 9.17) is 4.74 Å². The van der Waals surface area contributed by atoms with E-state index in [0.717, 1.165) is 25.2 Å². The van der Waals surface area contributed by atoms with Gasteiger partial charge in [0.1, 0.15) is 18.2 Å². The number of ether oxygens (including phenoxy) is 1. The number of carbonyl (C=O) groups is 1. The molecular formula is C20H30IN7O3. The second-order valence-corrected chi connectivity index (χ2v) is 7.00. The molecule has 170 valence electrons. The van der Waals surface area contributed by atoms with Crippen molar-refractivity contribution in [1.29, 1.82) is 0 Å². The molecule has 1 aliphatic heterocycles. The van der Waals surface area contributed by atoms with Crippen LogP contribution in [0.4, 0.5) is 0 Å². The number of aromatic nitrogens is 3. The van der Waals surface area contributed by atoms with Gasteiger partial charge < -0.3 is 25.8 Å². The molecule has 1 aromatic heterocycles. The molecule has 4 N–H and O–H groups in total. The van der Waals surface area contributed by atoms with Gasteiger partial charge in [0, 0.05) is 38.2 Å². The lowest BCUT2D eigenvalue weighted by Gasteiger charge is -2.25. The average Bonchev–Trinajstić information content (AvgIpc) is 3.13. The zero-order valence-corrected chi connectivity index (χ0v) is 20.1. The number of phenols is 1. The highest BCUT2D eigenvalue weighted by atomic mass is 127. The standard InChI is InChI=1S/C20H29N7O3.HI/c1-3-21-20(23-11-10-22-19(29)14-4-7-16(28)8-5-14)24-15-6-9-18-25-17(13-30-2)26-27(18)12-15;/h4-5,7-8,15,28H,3,6,9-13H2,1-2H3,(H,22,29)(H2,21,23,24);1H. The molecule has 0 bridgehead atoms. The maximum atomic E-state index is 12.1. The number of aliphatic imine (C=N–C) groups is 1. The summed E-state index contributed by atoms with van der Waals surface area (Å²) in [6.07, 6.45) is 1.78. The number of hydrogen-bond acceptors (Lipinski definition) is 6. The number of hydrogen-bond donors (Lipinski definition) is 4. The highest BCUT2D eigenvalue weighted by molar-refractivity contribution is 14.0. The van der Waals surface area contributed by atoms with Crippen molar-refractivity contribution >= 4 is 35.8 Å². The van der Waals surface area contributed by atoms with Gasteiger partial charge in [-0.05, 0) is 37.6 Å². The minimum absolute atomic E-state index is 0. The molecule has 2 heterocycles. The van der Waals surface area contributed by atoms with Gasteiger partial charge in [0.2, 0.25) is 0 Å². The molecule has 1 aliphatic rings. The first-order valence-corrected chi connectivity index (χ1v) is 10.1. The largest absolute Gasteiger partial charge is 0.508 e. The summed E-state index contributed by atoms with van der Waals surface area (Å²) in [4.78, 5) is 21.2. The topological polar surface area (TPSA) is 126 Å². The van der Waals surface area contributed by atoms with E-state index in [2.05, 4.69) is 31.0 Å². The number of aromatic hydroxyl groups is 1. The van der Waals surface area contributed by atoms with Gasteiger partial charge in [0.25, 0.3) is 5.91 Å². The third-order valence-electron chi connectivity index (χ3n) is 4.66. The molecule has 0 saturated carbocycles. The molecule has 1 amide bonds. The lowest BCUT2D eigenvalue weighted by Crippen LogP contribution is -2.47. The van der Waals surface area contributed by atoms with Gasteiger partial charge in [0.05, 0.1) is 13.1 Å². The lowest BCUT2D eigenvalue weighted by atomic mass is 10.1. The van der Waals surface area contributed by atoms with Crippen molar-refractivity contribution in [3.63, 3.8) is 0 Å². The van der Waals surface area contributed by atoms with E-state index in [-0.39, 0.29) is 41.7 Å². The number of carbonyl (C=O) groups excluding carboxylic acids is 1. The van der Waals surface area contributed by atoms with Crippen LogP contribution in [-0.2, 0) is 24.3 Å². The summed E-state index contributed by atoms with van der Waals surface area (Å²) in [6.45, 7) is 4.74. The monoisotopic (exact) mass is 543 g/mol. The molecule has 2 aromatic rings. The van der Waals surface area contributed by atoms with Crippen LogP contribution in [0.2, 0.25) is 0 Å². The first-order valence-electron chi connectivity index (χ1n) is 10.1. The van der Waals surface area contributed by atoms with Crippen molar-refractivity contribution < 1.29 is 14.6 Å². The van der Waals surface area contributed by atoms with E-state index in [1.54, 1.807) is 19.2 Å². The Bertz CT molecular complexity index is 870. The molecule has 0 aliphatic carbocycles. The van der Waals surface area contributed by atoms with Crippen LogP contribution >= 0.6 is 24.0 Å². The lowest BCUT2D eigenvalue weighted by molar-refractivity contribution is 0.0955. The molecule has 11 heteroatoms. The van der Waals surface area contributed by atoms with Gasteiger partial charge >= 0.3 is 0 Å². The number of fused-ring (bicyclic) bond motifs is 1. The maximum absolute atomic E-state index is 12.1. The maximum Gasteiger partial charge on any atom is 0.251 e. The third kappa shape index (κ3) is 7.35. The number of nitrogens with zero attached hydrogens (tertiary/aromatic N) is 4. The van der Waals surface area contributed by atoms with Crippen LogP contribution in [0.3, 0.4) is 0 Å². The van der Waals surface area contributed by atoms with Crippen molar-refractivity contribution in [2.24, 2.45) is 4.99 Å². The van der Waals surface area contributed by atoms with Gasteiger partial charge in [-0.3, -0.25) is 9.79 Å². The van der Waals surface area contributed by atoms with Crippen LogP contribution in [0, 0.1) is 0 Å². The van der Waals surface area contributed by atoms with Crippen LogP contribution in [0.1, 0.15) is 35.4 Å². The van der Waals surface area contributed by atoms with Crippen LogP contribution in [0.25, 0.3) is 0 Å². The normalized spacial score (nSPS) is 15.5. The number of phenolic OH excluding ortho intramolecular Hbond substituents is 1. The summed E-state index contributed by atoms with van der Waals surface area (Å²) in [5, 5.41) is 23.3. The molecule has 3 rings (SSSR count).